The normalized spacial score (nSPS) is 11.4. The number of hydrogen-bond acceptors (Lipinski definition) is 6. The molecule has 3 amide bonds. The Labute approximate surface area is 161 Å². The summed E-state index contributed by atoms with van der Waals surface area (Å²) in [6.07, 6.45) is 1.87. The molecule has 9 nitrogen and oxygen atoms in total. The molecule has 156 valence electrons. The lowest BCUT2D eigenvalue weighted by Crippen LogP contribution is -2.45. The van der Waals surface area contributed by atoms with E-state index in [-0.39, 0.29) is 44.1 Å². The number of amides is 3. The third-order valence-electron chi connectivity index (χ3n) is 3.91. The van der Waals surface area contributed by atoms with Crippen LogP contribution in [0.25, 0.3) is 0 Å². The number of esters is 1. The molecule has 0 radical (unpaired) electrons. The van der Waals surface area contributed by atoms with Crippen LogP contribution >= 0.6 is 0 Å². The van der Waals surface area contributed by atoms with Crippen LogP contribution in [0.2, 0.25) is 0 Å². The van der Waals surface area contributed by atoms with Crippen LogP contribution in [0.5, 0.6) is 0 Å². The van der Waals surface area contributed by atoms with Gasteiger partial charge < -0.3 is 15.4 Å². The van der Waals surface area contributed by atoms with Gasteiger partial charge in [-0.05, 0) is 19.8 Å². The SMILES string of the molecule is C=C(C)C(=O)OCCNC(=O)N(CCCNC(=O)C(C)(C)CC)S(C)(=O)=O. The first-order valence-electron chi connectivity index (χ1n) is 8.69. The van der Waals surface area contributed by atoms with Gasteiger partial charge in [0, 0.05) is 24.1 Å². The van der Waals surface area contributed by atoms with Gasteiger partial charge in [-0.3, -0.25) is 4.79 Å². The summed E-state index contributed by atoms with van der Waals surface area (Å²) in [7, 11) is -3.78. The summed E-state index contributed by atoms with van der Waals surface area (Å²) in [6, 6.07) is -0.816. The van der Waals surface area contributed by atoms with Gasteiger partial charge in [0.1, 0.15) is 6.61 Å². The zero-order valence-corrected chi connectivity index (χ0v) is 17.6. The average molecular weight is 406 g/mol. The maximum Gasteiger partial charge on any atom is 0.333 e. The molecule has 0 aromatic heterocycles. The lowest BCUT2D eigenvalue weighted by molar-refractivity contribution is -0.138. The smallest absolute Gasteiger partial charge is 0.333 e. The second-order valence-electron chi connectivity index (χ2n) is 6.83. The second kappa shape index (κ2) is 10.9. The van der Waals surface area contributed by atoms with Crippen LogP contribution < -0.4 is 10.6 Å². The van der Waals surface area contributed by atoms with Gasteiger partial charge in [-0.15, -0.1) is 0 Å². The topological polar surface area (TPSA) is 122 Å². The molecule has 0 saturated carbocycles. The van der Waals surface area contributed by atoms with Gasteiger partial charge in [-0.2, -0.15) is 0 Å². The molecule has 0 atom stereocenters. The molecule has 0 fully saturated rings. The van der Waals surface area contributed by atoms with Crippen molar-refractivity contribution in [2.75, 3.05) is 32.5 Å². The van der Waals surface area contributed by atoms with Crippen LogP contribution in [0.4, 0.5) is 4.79 Å². The third-order valence-corrected chi connectivity index (χ3v) is 5.06. The number of urea groups is 1. The lowest BCUT2D eigenvalue weighted by Gasteiger charge is -2.23. The van der Waals surface area contributed by atoms with Gasteiger partial charge in [-0.1, -0.05) is 27.4 Å². The number of nitrogens with one attached hydrogen (secondary N) is 2. The molecule has 0 bridgehead atoms. The van der Waals surface area contributed by atoms with Crippen LogP contribution in [-0.4, -0.2) is 63.1 Å². The summed E-state index contributed by atoms with van der Waals surface area (Å²) in [5.74, 6) is -0.713. The molecule has 0 saturated heterocycles. The first kappa shape index (κ1) is 24.9. The highest BCUT2D eigenvalue weighted by Crippen LogP contribution is 2.19. The molecule has 0 aliphatic rings. The molecule has 0 spiro atoms. The molecule has 27 heavy (non-hydrogen) atoms. The van der Waals surface area contributed by atoms with Crippen LogP contribution in [0.15, 0.2) is 12.2 Å². The predicted octanol–water partition coefficient (Wildman–Crippen LogP) is 1.02. The van der Waals surface area contributed by atoms with Crippen molar-refractivity contribution in [3.8, 4) is 0 Å². The third kappa shape index (κ3) is 9.41. The monoisotopic (exact) mass is 405 g/mol. The van der Waals surface area contributed by atoms with Crippen molar-refractivity contribution in [1.82, 2.24) is 14.9 Å². The molecule has 0 aromatic carbocycles. The highest BCUT2D eigenvalue weighted by Gasteiger charge is 2.25. The number of rotatable bonds is 11. The number of carbonyl (C=O) groups is 3. The van der Waals surface area contributed by atoms with Crippen LogP contribution in [0.1, 0.15) is 40.5 Å². The predicted molar refractivity (Wildman–Crippen MR) is 102 cm³/mol. The van der Waals surface area contributed by atoms with E-state index in [4.69, 9.17) is 4.74 Å². The summed E-state index contributed by atoms with van der Waals surface area (Å²) in [4.78, 5) is 35.3. The number of carbonyl (C=O) groups excluding carboxylic acids is 3. The van der Waals surface area contributed by atoms with Gasteiger partial charge in [0.15, 0.2) is 0 Å². The molecule has 0 heterocycles. The van der Waals surface area contributed by atoms with Crippen molar-refractivity contribution in [1.29, 1.82) is 0 Å². The number of ether oxygens (including phenoxy) is 1. The minimum atomic E-state index is -3.78. The highest BCUT2D eigenvalue weighted by atomic mass is 32.2. The second-order valence-corrected chi connectivity index (χ2v) is 8.74. The average Bonchev–Trinajstić information content (AvgIpc) is 2.56. The summed E-state index contributed by atoms with van der Waals surface area (Å²) in [5.41, 5.74) is -0.276. The molecule has 0 aliphatic heterocycles. The molecule has 0 aromatic rings. The van der Waals surface area contributed by atoms with Crippen molar-refractivity contribution in [3.05, 3.63) is 12.2 Å². The van der Waals surface area contributed by atoms with Crippen molar-refractivity contribution >= 4 is 27.9 Å². The number of hydrogen-bond donors (Lipinski definition) is 2. The zero-order chi connectivity index (χ0) is 21.3. The summed E-state index contributed by atoms with van der Waals surface area (Å²) in [5, 5.41) is 5.12. The van der Waals surface area contributed by atoms with Gasteiger partial charge in [0.25, 0.3) is 0 Å². The zero-order valence-electron chi connectivity index (χ0n) is 16.8. The van der Waals surface area contributed by atoms with E-state index in [0.29, 0.717) is 10.7 Å². The standard InChI is InChI=1S/C17H31N3O6S/c1-7-17(4,5)15(22)18-9-8-11-20(27(6,24)25)16(23)19-10-12-26-14(21)13(2)3/h2,7-12H2,1,3-6H3,(H,18,22)(H,19,23). The molecule has 0 unspecified atom stereocenters. The molecule has 2 N–H and O–H groups in total. The molecular weight excluding hydrogens is 374 g/mol. The Hall–Kier alpha value is -2.10. The maximum atomic E-state index is 12.1. The van der Waals surface area contributed by atoms with Crippen LogP contribution in [0.3, 0.4) is 0 Å². The summed E-state index contributed by atoms with van der Waals surface area (Å²) < 4.78 is 29.1. The van der Waals surface area contributed by atoms with Gasteiger partial charge in [0.2, 0.25) is 15.9 Å². The molecule has 10 heteroatoms. The van der Waals surface area contributed by atoms with Crippen LogP contribution in [0, 0.1) is 5.41 Å². The van der Waals surface area contributed by atoms with Crippen molar-refractivity contribution in [3.63, 3.8) is 0 Å². The largest absolute Gasteiger partial charge is 0.460 e. The minimum absolute atomic E-state index is 0.0364. The molecule has 0 rings (SSSR count). The fourth-order valence-electron chi connectivity index (χ4n) is 1.76. The highest BCUT2D eigenvalue weighted by molar-refractivity contribution is 7.88. The Morgan fingerprint density at radius 3 is 2.22 bits per heavy atom. The fourth-order valence-corrected chi connectivity index (χ4v) is 2.58. The lowest BCUT2D eigenvalue weighted by atomic mass is 9.89. The molecular formula is C17H31N3O6S. The van der Waals surface area contributed by atoms with E-state index in [9.17, 15) is 22.8 Å². The Morgan fingerprint density at radius 2 is 1.74 bits per heavy atom. The van der Waals surface area contributed by atoms with Gasteiger partial charge in [-0.25, -0.2) is 22.3 Å². The maximum absolute atomic E-state index is 12.1. The van der Waals surface area contributed by atoms with E-state index in [0.717, 1.165) is 6.26 Å². The summed E-state index contributed by atoms with van der Waals surface area (Å²) in [6.45, 7) is 10.5. The van der Waals surface area contributed by atoms with Gasteiger partial charge >= 0.3 is 12.0 Å². The quantitative estimate of drug-likeness (QED) is 0.301. The first-order valence-corrected chi connectivity index (χ1v) is 10.5. The van der Waals surface area contributed by atoms with E-state index in [1.54, 1.807) is 0 Å². The van der Waals surface area contributed by atoms with Crippen molar-refractivity contribution in [2.45, 2.75) is 40.5 Å². The Kier molecular flexibility index (Phi) is 10.1. The minimum Gasteiger partial charge on any atom is -0.460 e. The Balaban J connectivity index is 4.48. The Bertz CT molecular complexity index is 658. The van der Waals surface area contributed by atoms with E-state index in [2.05, 4.69) is 17.2 Å². The van der Waals surface area contributed by atoms with Crippen molar-refractivity contribution < 1.29 is 27.5 Å². The first-order chi connectivity index (χ1) is 12.3. The molecule has 0 aliphatic carbocycles. The van der Waals surface area contributed by atoms with E-state index >= 15 is 0 Å². The summed E-state index contributed by atoms with van der Waals surface area (Å²) >= 11 is 0. The Morgan fingerprint density at radius 1 is 1.15 bits per heavy atom. The number of nitrogens with zero attached hydrogens (tertiary/aromatic N) is 1. The number of sulfonamides is 1. The van der Waals surface area contributed by atoms with E-state index < -0.39 is 27.4 Å². The fraction of sp³-hybridized carbons (Fsp3) is 0.706. The van der Waals surface area contributed by atoms with Gasteiger partial charge in [0.05, 0.1) is 12.8 Å². The van der Waals surface area contributed by atoms with Crippen molar-refractivity contribution in [2.24, 2.45) is 5.41 Å². The van der Waals surface area contributed by atoms with E-state index in [1.165, 1.54) is 6.92 Å². The van der Waals surface area contributed by atoms with E-state index in [1.807, 2.05) is 20.8 Å². The van der Waals surface area contributed by atoms with Crippen LogP contribution in [-0.2, 0) is 24.3 Å².